The van der Waals surface area contributed by atoms with Crippen LogP contribution < -0.4 is 0 Å². The first kappa shape index (κ1) is 10.8. The second-order valence-corrected chi connectivity index (χ2v) is 4.53. The van der Waals surface area contributed by atoms with Gasteiger partial charge in [-0.05, 0) is 0 Å². The molecule has 0 aliphatic carbocycles. The number of hydrogen-bond donors (Lipinski definition) is 1. The molecule has 1 N–H and O–H groups in total. The van der Waals surface area contributed by atoms with Gasteiger partial charge in [0.05, 0.1) is 0 Å². The summed E-state index contributed by atoms with van der Waals surface area (Å²) in [5.41, 5.74) is -0.250. The highest BCUT2D eigenvalue weighted by Gasteiger charge is 2.52. The lowest BCUT2D eigenvalue weighted by Crippen LogP contribution is -2.68. The van der Waals surface area contributed by atoms with Gasteiger partial charge >= 0.3 is 6.09 Å². The van der Waals surface area contributed by atoms with Crippen LogP contribution in [0.2, 0.25) is 0 Å². The molecule has 0 aromatic carbocycles. The summed E-state index contributed by atoms with van der Waals surface area (Å²) in [6.45, 7) is 4.23. The van der Waals surface area contributed by atoms with E-state index in [-0.39, 0.29) is 11.3 Å². The first-order valence-electron chi connectivity index (χ1n) is 4.48. The van der Waals surface area contributed by atoms with Crippen LogP contribution >= 0.6 is 0 Å². The van der Waals surface area contributed by atoms with Crippen LogP contribution in [0.15, 0.2) is 0 Å². The fraction of sp³-hybridized carbons (Fsp3) is 0.778. The predicted octanol–water partition coefficient (Wildman–Crippen LogP) is 0.463. The Labute approximate surface area is 83.3 Å². The molecule has 0 radical (unpaired) electrons. The molecule has 2 amide bonds. The van der Waals surface area contributed by atoms with Gasteiger partial charge in [0.15, 0.2) is 0 Å². The Hall–Kier alpha value is -1.26. The molecule has 1 saturated heterocycles. The van der Waals surface area contributed by atoms with Crippen molar-refractivity contribution in [2.75, 3.05) is 20.6 Å². The summed E-state index contributed by atoms with van der Waals surface area (Å²) in [7, 11) is 3.27. The Morgan fingerprint density at radius 1 is 1.43 bits per heavy atom. The molecule has 0 saturated carbocycles. The quantitative estimate of drug-likeness (QED) is 0.669. The fourth-order valence-electron chi connectivity index (χ4n) is 1.82. The Balaban J connectivity index is 2.82. The van der Waals surface area contributed by atoms with Crippen molar-refractivity contribution in [3.05, 3.63) is 0 Å². The lowest BCUT2D eigenvalue weighted by molar-refractivity contribution is -0.148. The van der Waals surface area contributed by atoms with Gasteiger partial charge in [-0.1, -0.05) is 13.8 Å². The van der Waals surface area contributed by atoms with Crippen molar-refractivity contribution < 1.29 is 14.7 Å². The summed E-state index contributed by atoms with van der Waals surface area (Å²) in [5.74, 6) is -0.149. The minimum atomic E-state index is -1.02. The van der Waals surface area contributed by atoms with E-state index in [1.165, 1.54) is 9.80 Å². The summed E-state index contributed by atoms with van der Waals surface area (Å²) >= 11 is 0. The molecule has 1 fully saturated rings. The molecule has 1 atom stereocenters. The first-order chi connectivity index (χ1) is 6.27. The Morgan fingerprint density at radius 2 is 1.93 bits per heavy atom. The highest BCUT2D eigenvalue weighted by Crippen LogP contribution is 2.37. The van der Waals surface area contributed by atoms with Gasteiger partial charge in [-0.2, -0.15) is 0 Å². The molecular weight excluding hydrogens is 184 g/mol. The maximum Gasteiger partial charge on any atom is 0.408 e. The predicted molar refractivity (Wildman–Crippen MR) is 51.0 cm³/mol. The minimum Gasteiger partial charge on any atom is -0.465 e. The normalized spacial score (nSPS) is 24.0. The van der Waals surface area contributed by atoms with Gasteiger partial charge in [0.1, 0.15) is 6.04 Å². The number of likely N-dealkylation sites (tertiary alicyclic amines) is 1. The summed E-state index contributed by atoms with van der Waals surface area (Å²) in [6, 6.07) is -0.532. The van der Waals surface area contributed by atoms with Gasteiger partial charge in [-0.15, -0.1) is 0 Å². The summed E-state index contributed by atoms with van der Waals surface area (Å²) < 4.78 is 0. The van der Waals surface area contributed by atoms with Gasteiger partial charge in [0, 0.05) is 26.1 Å². The van der Waals surface area contributed by atoms with Crippen LogP contribution in [0.4, 0.5) is 4.79 Å². The van der Waals surface area contributed by atoms with Crippen molar-refractivity contribution >= 4 is 12.0 Å². The second kappa shape index (κ2) is 3.15. The van der Waals surface area contributed by atoms with E-state index in [1.807, 2.05) is 13.8 Å². The number of hydrogen-bond acceptors (Lipinski definition) is 2. The van der Waals surface area contributed by atoms with Gasteiger partial charge in [0.25, 0.3) is 0 Å². The molecule has 0 spiro atoms. The number of nitrogens with zero attached hydrogens (tertiary/aromatic N) is 2. The maximum atomic E-state index is 11.7. The molecule has 5 nitrogen and oxygen atoms in total. The van der Waals surface area contributed by atoms with Crippen LogP contribution in [0, 0.1) is 5.41 Å². The van der Waals surface area contributed by atoms with E-state index in [4.69, 9.17) is 5.11 Å². The van der Waals surface area contributed by atoms with Crippen LogP contribution in [0.3, 0.4) is 0 Å². The zero-order chi connectivity index (χ0) is 11.1. The number of carbonyl (C=O) groups is 2. The number of carbonyl (C=O) groups excluding carboxylic acids is 1. The van der Waals surface area contributed by atoms with E-state index >= 15 is 0 Å². The smallest absolute Gasteiger partial charge is 0.408 e. The first-order valence-corrected chi connectivity index (χ1v) is 4.48. The molecule has 5 heteroatoms. The summed E-state index contributed by atoms with van der Waals surface area (Å²) in [5, 5.41) is 8.82. The number of carboxylic acid groups (broad SMARTS) is 1. The molecule has 1 unspecified atom stereocenters. The molecule has 0 aromatic heterocycles. The summed E-state index contributed by atoms with van der Waals surface area (Å²) in [4.78, 5) is 25.1. The average molecular weight is 200 g/mol. The Kier molecular flexibility index (Phi) is 2.43. The van der Waals surface area contributed by atoms with Crippen LogP contribution in [0.1, 0.15) is 13.8 Å². The molecule has 0 aromatic rings. The van der Waals surface area contributed by atoms with Crippen molar-refractivity contribution in [1.29, 1.82) is 0 Å². The zero-order valence-corrected chi connectivity index (χ0v) is 8.94. The van der Waals surface area contributed by atoms with E-state index in [0.29, 0.717) is 6.54 Å². The van der Waals surface area contributed by atoms with Gasteiger partial charge in [-0.3, -0.25) is 9.69 Å². The second-order valence-electron chi connectivity index (χ2n) is 4.53. The van der Waals surface area contributed by atoms with Crippen LogP contribution in [0.25, 0.3) is 0 Å². The molecule has 80 valence electrons. The molecule has 1 aliphatic heterocycles. The topological polar surface area (TPSA) is 60.9 Å². The number of amides is 2. The highest BCUT2D eigenvalue weighted by atomic mass is 16.4. The highest BCUT2D eigenvalue weighted by molar-refractivity contribution is 5.87. The van der Waals surface area contributed by atoms with E-state index in [2.05, 4.69) is 0 Å². The lowest BCUT2D eigenvalue weighted by Gasteiger charge is -2.52. The Morgan fingerprint density at radius 3 is 2.21 bits per heavy atom. The molecule has 1 heterocycles. The molecule has 0 bridgehead atoms. The fourth-order valence-corrected chi connectivity index (χ4v) is 1.82. The van der Waals surface area contributed by atoms with Gasteiger partial charge in [0.2, 0.25) is 5.91 Å². The van der Waals surface area contributed by atoms with Crippen molar-refractivity contribution in [2.45, 2.75) is 19.9 Å². The van der Waals surface area contributed by atoms with Crippen molar-refractivity contribution in [2.24, 2.45) is 5.41 Å². The molecule has 1 rings (SSSR count). The minimum absolute atomic E-state index is 0.149. The van der Waals surface area contributed by atoms with Crippen molar-refractivity contribution in [3.8, 4) is 0 Å². The largest absolute Gasteiger partial charge is 0.465 e. The van der Waals surface area contributed by atoms with Crippen molar-refractivity contribution in [1.82, 2.24) is 9.80 Å². The van der Waals surface area contributed by atoms with Gasteiger partial charge < -0.3 is 10.0 Å². The third-order valence-corrected chi connectivity index (χ3v) is 2.55. The third kappa shape index (κ3) is 1.54. The van der Waals surface area contributed by atoms with E-state index < -0.39 is 12.1 Å². The monoisotopic (exact) mass is 200 g/mol. The van der Waals surface area contributed by atoms with E-state index in [0.717, 1.165) is 0 Å². The molecule has 1 aliphatic rings. The number of rotatable bonds is 1. The van der Waals surface area contributed by atoms with Gasteiger partial charge in [-0.25, -0.2) is 4.79 Å². The van der Waals surface area contributed by atoms with E-state index in [1.54, 1.807) is 14.1 Å². The molecular formula is C9H16N2O3. The van der Waals surface area contributed by atoms with Crippen molar-refractivity contribution in [3.63, 3.8) is 0 Å². The van der Waals surface area contributed by atoms with Crippen LogP contribution in [0.5, 0.6) is 0 Å². The standard InChI is InChI=1S/C9H16N2O3/c1-9(2)5-11(8(13)14)6(9)7(12)10(3)4/h6H,5H2,1-4H3,(H,13,14). The third-order valence-electron chi connectivity index (χ3n) is 2.55. The SMILES string of the molecule is CN(C)C(=O)C1N(C(=O)O)CC1(C)C. The zero-order valence-electron chi connectivity index (χ0n) is 8.94. The average Bonchev–Trinajstić information content (AvgIpc) is 2.00. The lowest BCUT2D eigenvalue weighted by atomic mass is 9.74. The van der Waals surface area contributed by atoms with Crippen LogP contribution in [-0.4, -0.2) is 53.6 Å². The molecule has 14 heavy (non-hydrogen) atoms. The Bertz CT molecular complexity index is 273. The van der Waals surface area contributed by atoms with Crippen LogP contribution in [-0.2, 0) is 4.79 Å². The maximum absolute atomic E-state index is 11.7. The van der Waals surface area contributed by atoms with E-state index in [9.17, 15) is 9.59 Å². The summed E-state index contributed by atoms with van der Waals surface area (Å²) in [6.07, 6.45) is -1.02. The number of likely N-dealkylation sites (N-methyl/N-ethyl adjacent to an activating group) is 1.